The van der Waals surface area contributed by atoms with E-state index in [1.807, 2.05) is 18.3 Å². The highest BCUT2D eigenvalue weighted by Gasteiger charge is 2.45. The highest BCUT2D eigenvalue weighted by Crippen LogP contribution is 2.47. The Labute approximate surface area is 89.7 Å². The summed E-state index contributed by atoms with van der Waals surface area (Å²) < 4.78 is 0. The predicted molar refractivity (Wildman–Crippen MR) is 57.3 cm³/mol. The number of aromatic nitrogens is 1. The van der Waals surface area contributed by atoms with Gasteiger partial charge in [-0.1, -0.05) is 6.07 Å². The lowest BCUT2D eigenvalue weighted by atomic mass is 9.84. The first-order valence-corrected chi connectivity index (χ1v) is 5.75. The summed E-state index contributed by atoms with van der Waals surface area (Å²) in [6.45, 7) is 0. The molecule has 0 aromatic carbocycles. The third-order valence-electron chi connectivity index (χ3n) is 3.89. The molecule has 0 N–H and O–H groups in total. The van der Waals surface area contributed by atoms with Crippen molar-refractivity contribution >= 4 is 5.78 Å². The zero-order valence-corrected chi connectivity index (χ0v) is 8.73. The molecule has 2 aliphatic rings. The molecule has 2 aliphatic carbocycles. The summed E-state index contributed by atoms with van der Waals surface area (Å²) in [6, 6.07) is 6.03. The smallest absolute Gasteiger partial charge is 0.136 e. The Bertz CT molecular complexity index is 373. The monoisotopic (exact) mass is 201 g/mol. The lowest BCUT2D eigenvalue weighted by Gasteiger charge is -2.19. The Morgan fingerprint density at radius 1 is 1.33 bits per heavy atom. The van der Waals surface area contributed by atoms with E-state index in [9.17, 15) is 4.79 Å². The number of ketones is 1. The molecule has 0 amide bonds. The van der Waals surface area contributed by atoms with Crippen molar-refractivity contribution in [1.82, 2.24) is 4.98 Å². The third kappa shape index (κ3) is 1.58. The molecule has 0 radical (unpaired) electrons. The number of carbonyl (C=O) groups is 1. The SMILES string of the molecule is O=C1CC2CC(Cc3ccccn3)C1C2. The molecule has 2 heteroatoms. The molecule has 0 spiro atoms. The second-order valence-electron chi connectivity index (χ2n) is 4.90. The molecule has 1 aromatic heterocycles. The fourth-order valence-corrected chi connectivity index (χ4v) is 3.25. The van der Waals surface area contributed by atoms with Crippen LogP contribution in [0.25, 0.3) is 0 Å². The summed E-state index contributed by atoms with van der Waals surface area (Å²) in [5, 5.41) is 0. The van der Waals surface area contributed by atoms with Crippen LogP contribution in [0, 0.1) is 17.8 Å². The minimum absolute atomic E-state index is 0.358. The van der Waals surface area contributed by atoms with Crippen molar-refractivity contribution in [1.29, 1.82) is 0 Å². The van der Waals surface area contributed by atoms with Gasteiger partial charge in [-0.25, -0.2) is 0 Å². The van der Waals surface area contributed by atoms with E-state index in [0.717, 1.165) is 25.0 Å². The number of rotatable bonds is 2. The number of hydrogen-bond acceptors (Lipinski definition) is 2. The fourth-order valence-electron chi connectivity index (χ4n) is 3.25. The number of fused-ring (bicyclic) bond motifs is 2. The second kappa shape index (κ2) is 3.44. The lowest BCUT2D eigenvalue weighted by molar-refractivity contribution is -0.123. The predicted octanol–water partition coefficient (Wildman–Crippen LogP) is 2.24. The van der Waals surface area contributed by atoms with Crippen molar-refractivity contribution in [3.05, 3.63) is 30.1 Å². The van der Waals surface area contributed by atoms with Crippen LogP contribution in [0.4, 0.5) is 0 Å². The molecular formula is C13H15NO. The Hall–Kier alpha value is -1.18. The molecule has 2 nitrogen and oxygen atoms in total. The van der Waals surface area contributed by atoms with E-state index in [0.29, 0.717) is 23.5 Å². The average Bonchev–Trinajstić information content (AvgIpc) is 2.77. The lowest BCUT2D eigenvalue weighted by Crippen LogP contribution is -2.21. The molecule has 2 saturated carbocycles. The van der Waals surface area contributed by atoms with Crippen LogP contribution in [0.3, 0.4) is 0 Å². The second-order valence-corrected chi connectivity index (χ2v) is 4.90. The third-order valence-corrected chi connectivity index (χ3v) is 3.89. The highest BCUT2D eigenvalue weighted by molar-refractivity contribution is 5.84. The summed E-state index contributed by atoms with van der Waals surface area (Å²) in [5.41, 5.74) is 1.14. The summed E-state index contributed by atoms with van der Waals surface area (Å²) in [5.74, 6) is 2.13. The zero-order chi connectivity index (χ0) is 10.3. The van der Waals surface area contributed by atoms with Gasteiger partial charge in [-0.05, 0) is 43.2 Å². The molecule has 1 heterocycles. The molecule has 3 unspecified atom stereocenters. The van der Waals surface area contributed by atoms with Gasteiger partial charge in [-0.15, -0.1) is 0 Å². The first-order valence-electron chi connectivity index (χ1n) is 5.75. The van der Waals surface area contributed by atoms with Crippen LogP contribution >= 0.6 is 0 Å². The van der Waals surface area contributed by atoms with E-state index in [-0.39, 0.29) is 0 Å². The number of Topliss-reactive ketones (excluding diaryl/α,β-unsaturated/α-hetero) is 1. The Morgan fingerprint density at radius 3 is 2.93 bits per heavy atom. The number of nitrogens with zero attached hydrogens (tertiary/aromatic N) is 1. The molecular weight excluding hydrogens is 186 g/mol. The van der Waals surface area contributed by atoms with Gasteiger partial charge < -0.3 is 0 Å². The van der Waals surface area contributed by atoms with E-state index in [4.69, 9.17) is 0 Å². The van der Waals surface area contributed by atoms with Crippen molar-refractivity contribution in [3.63, 3.8) is 0 Å². The van der Waals surface area contributed by atoms with Gasteiger partial charge >= 0.3 is 0 Å². The van der Waals surface area contributed by atoms with Gasteiger partial charge in [0.05, 0.1) is 0 Å². The minimum atomic E-state index is 0.358. The Balaban J connectivity index is 1.73. The molecule has 2 fully saturated rings. The van der Waals surface area contributed by atoms with Gasteiger partial charge in [-0.2, -0.15) is 0 Å². The van der Waals surface area contributed by atoms with Gasteiger partial charge in [-0.3, -0.25) is 9.78 Å². The van der Waals surface area contributed by atoms with Gasteiger partial charge in [0.25, 0.3) is 0 Å². The molecule has 1 aromatic rings. The molecule has 2 bridgehead atoms. The summed E-state index contributed by atoms with van der Waals surface area (Å²) in [4.78, 5) is 16.0. The van der Waals surface area contributed by atoms with Crippen LogP contribution in [-0.2, 0) is 11.2 Å². The molecule has 0 saturated heterocycles. The first kappa shape index (κ1) is 9.08. The maximum Gasteiger partial charge on any atom is 0.136 e. The number of pyridine rings is 1. The molecule has 3 rings (SSSR count). The van der Waals surface area contributed by atoms with Crippen LogP contribution in [0.5, 0.6) is 0 Å². The average molecular weight is 201 g/mol. The largest absolute Gasteiger partial charge is 0.299 e. The highest BCUT2D eigenvalue weighted by atomic mass is 16.1. The quantitative estimate of drug-likeness (QED) is 0.734. The van der Waals surface area contributed by atoms with Crippen LogP contribution in [0.1, 0.15) is 25.0 Å². The van der Waals surface area contributed by atoms with Gasteiger partial charge in [0, 0.05) is 24.2 Å². The topological polar surface area (TPSA) is 30.0 Å². The van der Waals surface area contributed by atoms with Gasteiger partial charge in [0.15, 0.2) is 0 Å². The van der Waals surface area contributed by atoms with Crippen LogP contribution in [0.2, 0.25) is 0 Å². The summed E-state index contributed by atoms with van der Waals surface area (Å²) in [7, 11) is 0. The van der Waals surface area contributed by atoms with E-state index < -0.39 is 0 Å². The minimum Gasteiger partial charge on any atom is -0.299 e. The van der Waals surface area contributed by atoms with Crippen molar-refractivity contribution in [3.8, 4) is 0 Å². The number of hydrogen-bond donors (Lipinski definition) is 0. The van der Waals surface area contributed by atoms with Crippen molar-refractivity contribution in [2.24, 2.45) is 17.8 Å². The summed E-state index contributed by atoms with van der Waals surface area (Å²) in [6.07, 6.45) is 6.07. The number of carbonyl (C=O) groups excluding carboxylic acids is 1. The van der Waals surface area contributed by atoms with Gasteiger partial charge in [0.2, 0.25) is 0 Å². The first-order chi connectivity index (χ1) is 7.33. The molecule has 0 aliphatic heterocycles. The van der Waals surface area contributed by atoms with E-state index in [2.05, 4.69) is 11.1 Å². The maximum absolute atomic E-state index is 11.6. The van der Waals surface area contributed by atoms with E-state index in [1.165, 1.54) is 6.42 Å². The Kier molecular flexibility index (Phi) is 2.08. The van der Waals surface area contributed by atoms with Crippen LogP contribution in [-0.4, -0.2) is 10.8 Å². The molecule has 3 atom stereocenters. The van der Waals surface area contributed by atoms with Crippen LogP contribution in [0.15, 0.2) is 24.4 Å². The van der Waals surface area contributed by atoms with Crippen LogP contribution < -0.4 is 0 Å². The maximum atomic E-state index is 11.6. The molecule has 15 heavy (non-hydrogen) atoms. The normalized spacial score (nSPS) is 33.6. The Morgan fingerprint density at radius 2 is 2.27 bits per heavy atom. The van der Waals surface area contributed by atoms with Crippen molar-refractivity contribution in [2.45, 2.75) is 25.7 Å². The molecule has 78 valence electrons. The van der Waals surface area contributed by atoms with E-state index >= 15 is 0 Å². The zero-order valence-electron chi connectivity index (χ0n) is 8.73. The van der Waals surface area contributed by atoms with E-state index in [1.54, 1.807) is 0 Å². The van der Waals surface area contributed by atoms with Gasteiger partial charge in [0.1, 0.15) is 5.78 Å². The van der Waals surface area contributed by atoms with Crippen molar-refractivity contribution in [2.75, 3.05) is 0 Å². The standard InChI is InChI=1S/C13H15NO/c15-13-7-9-5-10(12(13)6-9)8-11-3-1-2-4-14-11/h1-4,9-10,12H,5-8H2. The summed E-state index contributed by atoms with van der Waals surface area (Å²) >= 11 is 0. The van der Waals surface area contributed by atoms with Crippen molar-refractivity contribution < 1.29 is 4.79 Å². The fraction of sp³-hybridized carbons (Fsp3) is 0.538.